The summed E-state index contributed by atoms with van der Waals surface area (Å²) in [6, 6.07) is 17.9. The van der Waals surface area contributed by atoms with Crippen LogP contribution in [0.4, 0.5) is 5.82 Å². The van der Waals surface area contributed by atoms with Gasteiger partial charge in [-0.15, -0.1) is 0 Å². The number of pyridine rings is 2. The van der Waals surface area contributed by atoms with Gasteiger partial charge in [-0.3, -0.25) is 4.98 Å². The van der Waals surface area contributed by atoms with Gasteiger partial charge in [0.1, 0.15) is 22.8 Å². The number of nitrogens with one attached hydrogen (secondary N) is 1. The maximum Gasteiger partial charge on any atom is 0.147 e. The Kier molecular flexibility index (Phi) is 4.34. The number of hydrogen-bond acceptors (Lipinski definition) is 5. The number of nitrogens with zero attached hydrogens (tertiary/aromatic N) is 2. The maximum absolute atomic E-state index is 10.9. The van der Waals surface area contributed by atoms with Crippen LogP contribution < -0.4 is 5.32 Å². The first kappa shape index (κ1) is 16.8. The molecule has 5 heteroatoms. The van der Waals surface area contributed by atoms with E-state index in [1.807, 2.05) is 55.5 Å². The van der Waals surface area contributed by atoms with Gasteiger partial charge in [0.25, 0.3) is 0 Å². The quantitative estimate of drug-likeness (QED) is 0.499. The molecule has 0 aliphatic rings. The van der Waals surface area contributed by atoms with Gasteiger partial charge in [0.2, 0.25) is 0 Å². The van der Waals surface area contributed by atoms with Crippen molar-refractivity contribution in [2.24, 2.45) is 0 Å². The normalized spacial score (nSPS) is 12.0. The minimum atomic E-state index is -0.494. The summed E-state index contributed by atoms with van der Waals surface area (Å²) in [5, 5.41) is 25.5. The van der Waals surface area contributed by atoms with Crippen molar-refractivity contribution in [3.8, 4) is 11.5 Å². The molecular formula is C22H19N3O2. The largest absolute Gasteiger partial charge is 0.508 e. The highest BCUT2D eigenvalue weighted by Gasteiger charge is 2.22. The van der Waals surface area contributed by atoms with Gasteiger partial charge in [-0.25, -0.2) is 4.98 Å². The Hall–Kier alpha value is -3.60. The number of aryl methyl sites for hydroxylation is 1. The van der Waals surface area contributed by atoms with Crippen LogP contribution in [0.15, 0.2) is 73.1 Å². The fraction of sp³-hybridized carbons (Fsp3) is 0.0909. The molecule has 0 bridgehead atoms. The molecule has 5 nitrogen and oxygen atoms in total. The van der Waals surface area contributed by atoms with Gasteiger partial charge in [0, 0.05) is 28.9 Å². The monoisotopic (exact) mass is 357 g/mol. The number of benzene rings is 2. The van der Waals surface area contributed by atoms with Crippen LogP contribution in [0.3, 0.4) is 0 Å². The summed E-state index contributed by atoms with van der Waals surface area (Å²) in [6.45, 7) is 1.99. The second-order valence-corrected chi connectivity index (χ2v) is 6.43. The van der Waals surface area contributed by atoms with Crippen molar-refractivity contribution >= 4 is 16.7 Å². The van der Waals surface area contributed by atoms with Crippen LogP contribution in [0, 0.1) is 6.92 Å². The highest BCUT2D eigenvalue weighted by Crippen LogP contribution is 2.38. The lowest BCUT2D eigenvalue weighted by Gasteiger charge is -2.22. The molecule has 0 aliphatic heterocycles. The molecule has 1 atom stereocenters. The van der Waals surface area contributed by atoms with Crippen LogP contribution in [0.5, 0.6) is 11.5 Å². The second kappa shape index (κ2) is 6.96. The van der Waals surface area contributed by atoms with Gasteiger partial charge < -0.3 is 15.5 Å². The van der Waals surface area contributed by atoms with Crippen LogP contribution in [0.1, 0.15) is 22.7 Å². The van der Waals surface area contributed by atoms with Crippen LogP contribution in [-0.4, -0.2) is 20.2 Å². The van der Waals surface area contributed by atoms with E-state index in [0.717, 1.165) is 10.9 Å². The van der Waals surface area contributed by atoms with Crippen molar-refractivity contribution in [2.75, 3.05) is 5.32 Å². The topological polar surface area (TPSA) is 78.3 Å². The van der Waals surface area contributed by atoms with Crippen LogP contribution in [0.2, 0.25) is 0 Å². The van der Waals surface area contributed by atoms with Gasteiger partial charge in [-0.2, -0.15) is 0 Å². The zero-order valence-electron chi connectivity index (χ0n) is 14.8. The van der Waals surface area contributed by atoms with Crippen molar-refractivity contribution < 1.29 is 10.2 Å². The summed E-state index contributed by atoms with van der Waals surface area (Å²) in [6.07, 6.45) is 3.37. The van der Waals surface area contributed by atoms with Gasteiger partial charge in [-0.05, 0) is 36.8 Å². The van der Waals surface area contributed by atoms with E-state index >= 15 is 0 Å². The average molecular weight is 357 g/mol. The number of para-hydroxylation sites is 1. The summed E-state index contributed by atoms with van der Waals surface area (Å²) < 4.78 is 0. The molecule has 2 heterocycles. The minimum Gasteiger partial charge on any atom is -0.508 e. The van der Waals surface area contributed by atoms with Gasteiger partial charge in [0.05, 0.1) is 6.04 Å². The smallest absolute Gasteiger partial charge is 0.147 e. The molecule has 2 aromatic heterocycles. The second-order valence-electron chi connectivity index (χ2n) is 6.43. The van der Waals surface area contributed by atoms with E-state index in [9.17, 15) is 10.2 Å². The molecule has 0 saturated carbocycles. The Balaban J connectivity index is 1.88. The third-order valence-corrected chi connectivity index (χ3v) is 4.55. The first-order valence-corrected chi connectivity index (χ1v) is 8.67. The summed E-state index contributed by atoms with van der Waals surface area (Å²) in [4.78, 5) is 8.67. The Morgan fingerprint density at radius 2 is 1.70 bits per heavy atom. The third kappa shape index (κ3) is 3.27. The highest BCUT2D eigenvalue weighted by molar-refractivity contribution is 5.86. The molecule has 27 heavy (non-hydrogen) atoms. The Morgan fingerprint density at radius 1 is 0.852 bits per heavy atom. The van der Waals surface area contributed by atoms with Crippen molar-refractivity contribution in [2.45, 2.75) is 13.0 Å². The van der Waals surface area contributed by atoms with E-state index in [4.69, 9.17) is 0 Å². The average Bonchev–Trinajstić information content (AvgIpc) is 2.68. The van der Waals surface area contributed by atoms with Crippen LogP contribution >= 0.6 is 0 Å². The number of anilines is 1. The molecule has 0 unspecified atom stereocenters. The maximum atomic E-state index is 10.9. The number of fused-ring (bicyclic) bond motifs is 1. The van der Waals surface area contributed by atoms with E-state index in [2.05, 4.69) is 15.3 Å². The lowest BCUT2D eigenvalue weighted by atomic mass is 9.95. The van der Waals surface area contributed by atoms with E-state index < -0.39 is 6.04 Å². The molecule has 0 saturated heterocycles. The first-order valence-electron chi connectivity index (χ1n) is 8.67. The lowest BCUT2D eigenvalue weighted by Crippen LogP contribution is -2.14. The number of aromatic nitrogens is 2. The van der Waals surface area contributed by atoms with Gasteiger partial charge in [-0.1, -0.05) is 36.4 Å². The summed E-state index contributed by atoms with van der Waals surface area (Å²) in [7, 11) is 0. The molecule has 0 amide bonds. The molecule has 3 N–H and O–H groups in total. The molecular weight excluding hydrogens is 338 g/mol. The van der Waals surface area contributed by atoms with E-state index in [1.165, 1.54) is 0 Å². The minimum absolute atomic E-state index is 0.0847. The summed E-state index contributed by atoms with van der Waals surface area (Å²) >= 11 is 0. The molecule has 4 aromatic rings. The van der Waals surface area contributed by atoms with Crippen LogP contribution in [0.25, 0.3) is 10.9 Å². The Bertz CT molecular complexity index is 1110. The fourth-order valence-electron chi connectivity index (χ4n) is 3.20. The van der Waals surface area contributed by atoms with E-state index in [-0.39, 0.29) is 11.5 Å². The van der Waals surface area contributed by atoms with E-state index in [0.29, 0.717) is 22.5 Å². The zero-order chi connectivity index (χ0) is 18.8. The molecule has 0 fully saturated rings. The summed E-state index contributed by atoms with van der Waals surface area (Å²) in [5.41, 5.74) is 2.85. The predicted molar refractivity (Wildman–Crippen MR) is 106 cm³/mol. The fourth-order valence-corrected chi connectivity index (χ4v) is 3.20. The molecule has 2 aromatic carbocycles. The third-order valence-electron chi connectivity index (χ3n) is 4.55. The van der Waals surface area contributed by atoms with Crippen LogP contribution in [-0.2, 0) is 0 Å². The lowest BCUT2D eigenvalue weighted by molar-refractivity contribution is 0.460. The SMILES string of the molecule is Cc1ccnc(N[C@@H](c2ccccc2O)c2ccc3cccnc3c2O)c1. The molecule has 134 valence electrons. The van der Waals surface area contributed by atoms with Gasteiger partial charge >= 0.3 is 0 Å². The van der Waals surface area contributed by atoms with Gasteiger partial charge in [0.15, 0.2) is 0 Å². The van der Waals surface area contributed by atoms with Crippen molar-refractivity contribution in [1.82, 2.24) is 9.97 Å². The number of hydrogen-bond donors (Lipinski definition) is 3. The zero-order valence-corrected chi connectivity index (χ0v) is 14.8. The predicted octanol–water partition coefficient (Wildman–Crippen LogP) is 4.55. The number of phenols is 2. The van der Waals surface area contributed by atoms with Crippen molar-refractivity contribution in [3.63, 3.8) is 0 Å². The molecule has 0 aliphatic carbocycles. The first-order chi connectivity index (χ1) is 13.1. The molecule has 0 radical (unpaired) electrons. The number of aromatic hydroxyl groups is 2. The Labute approximate surface area is 157 Å². The standard InChI is InChI=1S/C22H19N3O2/c1-14-10-12-23-19(13-14)25-21(16-6-2-3-7-18(16)26)17-9-8-15-5-4-11-24-20(15)22(17)27/h2-13,21,26-27H,1H3,(H,23,25)/t21-/m0/s1. The van der Waals surface area contributed by atoms with Crippen molar-refractivity contribution in [1.29, 1.82) is 0 Å². The van der Waals surface area contributed by atoms with Crippen molar-refractivity contribution in [3.05, 3.63) is 89.7 Å². The number of phenolic OH excluding ortho intramolecular Hbond substituents is 2. The summed E-state index contributed by atoms with van der Waals surface area (Å²) in [5.74, 6) is 0.883. The Morgan fingerprint density at radius 3 is 2.52 bits per heavy atom. The molecule has 4 rings (SSSR count). The number of rotatable bonds is 4. The highest BCUT2D eigenvalue weighted by atomic mass is 16.3. The molecule has 0 spiro atoms. The van der Waals surface area contributed by atoms with E-state index in [1.54, 1.807) is 24.5 Å².